The second-order valence-electron chi connectivity index (χ2n) is 5.46. The lowest BCUT2D eigenvalue weighted by atomic mass is 10.00. The Labute approximate surface area is 114 Å². The molecule has 0 amide bonds. The van der Waals surface area contributed by atoms with Gasteiger partial charge in [0, 0.05) is 63.0 Å². The fraction of sp³-hybridized carbons (Fsp3) is 0.600. The molecule has 0 radical (unpaired) electrons. The molecule has 2 aliphatic heterocycles. The summed E-state index contributed by atoms with van der Waals surface area (Å²) in [6.07, 6.45) is 0. The second kappa shape index (κ2) is 5.47. The standard InChI is InChI=1S/C15H22FN3/c1-2-19-11-12(10-18-8-6-17-7-9-18)15-13(16)4-3-5-14(15)19/h3-5,12,17H,2,6-11H2,1H3. The summed E-state index contributed by atoms with van der Waals surface area (Å²) < 4.78 is 14.1. The van der Waals surface area contributed by atoms with Gasteiger partial charge in [0.15, 0.2) is 0 Å². The largest absolute Gasteiger partial charge is 0.371 e. The zero-order valence-electron chi connectivity index (χ0n) is 11.5. The molecule has 3 rings (SSSR count). The molecular weight excluding hydrogens is 241 g/mol. The normalized spacial score (nSPS) is 23.7. The molecule has 1 unspecified atom stereocenters. The zero-order chi connectivity index (χ0) is 13.2. The fourth-order valence-corrected chi connectivity index (χ4v) is 3.32. The lowest BCUT2D eigenvalue weighted by Gasteiger charge is -2.29. The third-order valence-corrected chi connectivity index (χ3v) is 4.29. The molecular formula is C15H22FN3. The van der Waals surface area contributed by atoms with E-state index in [4.69, 9.17) is 0 Å². The van der Waals surface area contributed by atoms with Crippen LogP contribution in [0.15, 0.2) is 18.2 Å². The van der Waals surface area contributed by atoms with Crippen LogP contribution in [0, 0.1) is 5.82 Å². The minimum Gasteiger partial charge on any atom is -0.371 e. The maximum Gasteiger partial charge on any atom is 0.128 e. The molecule has 3 nitrogen and oxygen atoms in total. The molecule has 104 valence electrons. The first-order chi connectivity index (χ1) is 9.29. The molecule has 1 aromatic rings. The van der Waals surface area contributed by atoms with Crippen LogP contribution >= 0.6 is 0 Å². The summed E-state index contributed by atoms with van der Waals surface area (Å²) in [7, 11) is 0. The summed E-state index contributed by atoms with van der Waals surface area (Å²) in [5.41, 5.74) is 2.03. The Morgan fingerprint density at radius 3 is 2.84 bits per heavy atom. The Morgan fingerprint density at radius 1 is 1.32 bits per heavy atom. The lowest BCUT2D eigenvalue weighted by Crippen LogP contribution is -2.45. The van der Waals surface area contributed by atoms with E-state index < -0.39 is 0 Å². The van der Waals surface area contributed by atoms with Crippen molar-refractivity contribution in [1.29, 1.82) is 0 Å². The molecule has 2 heterocycles. The van der Waals surface area contributed by atoms with Crippen molar-refractivity contribution in [2.24, 2.45) is 0 Å². The third kappa shape index (κ3) is 2.47. The van der Waals surface area contributed by atoms with Crippen LogP contribution < -0.4 is 10.2 Å². The smallest absolute Gasteiger partial charge is 0.128 e. The topological polar surface area (TPSA) is 18.5 Å². The predicted octanol–water partition coefficient (Wildman–Crippen LogP) is 1.65. The fourth-order valence-electron chi connectivity index (χ4n) is 3.32. The van der Waals surface area contributed by atoms with Gasteiger partial charge in [-0.3, -0.25) is 0 Å². The molecule has 0 aliphatic carbocycles. The molecule has 0 aromatic heterocycles. The number of halogens is 1. The van der Waals surface area contributed by atoms with Gasteiger partial charge >= 0.3 is 0 Å². The van der Waals surface area contributed by atoms with Crippen molar-refractivity contribution >= 4 is 5.69 Å². The Morgan fingerprint density at radius 2 is 2.11 bits per heavy atom. The molecule has 1 saturated heterocycles. The molecule has 1 atom stereocenters. The Hall–Kier alpha value is -1.13. The van der Waals surface area contributed by atoms with Crippen molar-refractivity contribution in [3.05, 3.63) is 29.6 Å². The van der Waals surface area contributed by atoms with Crippen molar-refractivity contribution in [3.63, 3.8) is 0 Å². The van der Waals surface area contributed by atoms with Crippen molar-refractivity contribution < 1.29 is 4.39 Å². The number of benzene rings is 1. The van der Waals surface area contributed by atoms with Crippen molar-refractivity contribution in [1.82, 2.24) is 10.2 Å². The monoisotopic (exact) mass is 263 g/mol. The molecule has 0 bridgehead atoms. The van der Waals surface area contributed by atoms with Crippen LogP contribution in [-0.2, 0) is 0 Å². The van der Waals surface area contributed by atoms with E-state index in [1.165, 1.54) is 0 Å². The number of nitrogens with one attached hydrogen (secondary N) is 1. The number of likely N-dealkylation sites (N-methyl/N-ethyl adjacent to an activating group) is 1. The molecule has 0 spiro atoms. The summed E-state index contributed by atoms with van der Waals surface area (Å²) in [6.45, 7) is 9.28. The highest BCUT2D eigenvalue weighted by Gasteiger charge is 2.31. The predicted molar refractivity (Wildman–Crippen MR) is 76.3 cm³/mol. The quantitative estimate of drug-likeness (QED) is 0.894. The van der Waals surface area contributed by atoms with Crippen molar-refractivity contribution in [3.8, 4) is 0 Å². The highest BCUT2D eigenvalue weighted by Crippen LogP contribution is 2.38. The first kappa shape index (κ1) is 12.9. The maximum atomic E-state index is 14.1. The highest BCUT2D eigenvalue weighted by molar-refractivity contribution is 5.60. The molecule has 2 aliphatic rings. The van der Waals surface area contributed by atoms with Gasteiger partial charge in [0.05, 0.1) is 0 Å². The second-order valence-corrected chi connectivity index (χ2v) is 5.46. The highest BCUT2D eigenvalue weighted by atomic mass is 19.1. The number of fused-ring (bicyclic) bond motifs is 1. The van der Waals surface area contributed by atoms with E-state index in [0.717, 1.165) is 57.1 Å². The molecule has 4 heteroatoms. The van der Waals surface area contributed by atoms with E-state index in [-0.39, 0.29) is 5.82 Å². The van der Waals surface area contributed by atoms with Gasteiger partial charge in [0.2, 0.25) is 0 Å². The van der Waals surface area contributed by atoms with Gasteiger partial charge in [-0.2, -0.15) is 0 Å². The minimum absolute atomic E-state index is 0.0337. The Bertz CT molecular complexity index is 443. The molecule has 1 N–H and O–H groups in total. The number of hydrogen-bond acceptors (Lipinski definition) is 3. The van der Waals surface area contributed by atoms with Crippen molar-refractivity contribution in [2.45, 2.75) is 12.8 Å². The maximum absolute atomic E-state index is 14.1. The van der Waals surface area contributed by atoms with E-state index in [1.54, 1.807) is 6.07 Å². The van der Waals surface area contributed by atoms with E-state index in [0.29, 0.717) is 5.92 Å². The molecule has 0 saturated carbocycles. The SMILES string of the molecule is CCN1CC(CN2CCNCC2)c2c(F)cccc21. The number of rotatable bonds is 3. The van der Waals surface area contributed by atoms with Gasteiger partial charge in [0.25, 0.3) is 0 Å². The van der Waals surface area contributed by atoms with E-state index in [1.807, 2.05) is 6.07 Å². The summed E-state index contributed by atoms with van der Waals surface area (Å²) in [4.78, 5) is 4.75. The van der Waals surface area contributed by atoms with Gasteiger partial charge in [0.1, 0.15) is 5.82 Å². The number of hydrogen-bond donors (Lipinski definition) is 1. The Kier molecular flexibility index (Phi) is 3.71. The average Bonchev–Trinajstić information content (AvgIpc) is 2.79. The summed E-state index contributed by atoms with van der Waals surface area (Å²) in [6, 6.07) is 5.48. The van der Waals surface area contributed by atoms with Crippen molar-refractivity contribution in [2.75, 3.05) is 50.7 Å². The molecule has 1 aromatic carbocycles. The van der Waals surface area contributed by atoms with Gasteiger partial charge < -0.3 is 15.1 Å². The number of nitrogens with zero attached hydrogens (tertiary/aromatic N) is 2. The average molecular weight is 263 g/mol. The van der Waals surface area contributed by atoms with Crippen LogP contribution in [0.25, 0.3) is 0 Å². The molecule has 19 heavy (non-hydrogen) atoms. The van der Waals surface area contributed by atoms with E-state index in [9.17, 15) is 4.39 Å². The van der Waals surface area contributed by atoms with Gasteiger partial charge in [-0.15, -0.1) is 0 Å². The molecule has 1 fully saturated rings. The van der Waals surface area contributed by atoms with E-state index >= 15 is 0 Å². The van der Waals surface area contributed by atoms with Gasteiger partial charge in [-0.25, -0.2) is 4.39 Å². The van der Waals surface area contributed by atoms with Crippen LogP contribution in [0.5, 0.6) is 0 Å². The van der Waals surface area contributed by atoms with Gasteiger partial charge in [-0.1, -0.05) is 6.07 Å². The first-order valence-corrected chi connectivity index (χ1v) is 7.26. The Balaban J connectivity index is 1.80. The summed E-state index contributed by atoms with van der Waals surface area (Å²) in [5.74, 6) is 0.280. The third-order valence-electron chi connectivity index (χ3n) is 4.29. The van der Waals surface area contributed by atoms with E-state index in [2.05, 4.69) is 28.1 Å². The summed E-state index contributed by atoms with van der Waals surface area (Å²) >= 11 is 0. The lowest BCUT2D eigenvalue weighted by molar-refractivity contribution is 0.228. The van der Waals surface area contributed by atoms with Crippen LogP contribution in [-0.4, -0.2) is 50.7 Å². The van der Waals surface area contributed by atoms with Gasteiger partial charge in [-0.05, 0) is 19.1 Å². The summed E-state index contributed by atoms with van der Waals surface area (Å²) in [5, 5.41) is 3.36. The first-order valence-electron chi connectivity index (χ1n) is 7.26. The van der Waals surface area contributed by atoms with Crippen LogP contribution in [0.4, 0.5) is 10.1 Å². The number of piperazine rings is 1. The van der Waals surface area contributed by atoms with Crippen LogP contribution in [0.3, 0.4) is 0 Å². The number of anilines is 1. The minimum atomic E-state index is -0.0337. The van der Waals surface area contributed by atoms with Crippen LogP contribution in [0.1, 0.15) is 18.4 Å². The van der Waals surface area contributed by atoms with Crippen LogP contribution in [0.2, 0.25) is 0 Å². The zero-order valence-corrected chi connectivity index (χ0v) is 11.5.